The van der Waals surface area contributed by atoms with Crippen molar-refractivity contribution in [3.8, 4) is 5.75 Å². The lowest BCUT2D eigenvalue weighted by Gasteiger charge is -2.19. The van der Waals surface area contributed by atoms with Crippen LogP contribution < -0.4 is 21.1 Å². The van der Waals surface area contributed by atoms with Gasteiger partial charge < -0.3 is 25.8 Å². The number of alkyl carbamates (subject to hydrolysis) is 1. The SMILES string of the molecule is CCOc1cccc(N)c1C(=O)NCCNC(=O)OC(C)(C)C. The molecule has 4 N–H and O–H groups in total. The fourth-order valence-corrected chi connectivity index (χ4v) is 1.81. The molecule has 0 aliphatic rings. The van der Waals surface area contributed by atoms with Gasteiger partial charge in [-0.05, 0) is 39.8 Å². The summed E-state index contributed by atoms with van der Waals surface area (Å²) in [6.45, 7) is 8.10. The zero-order chi connectivity index (χ0) is 17.5. The van der Waals surface area contributed by atoms with E-state index in [0.717, 1.165) is 0 Å². The number of rotatable bonds is 6. The largest absolute Gasteiger partial charge is 0.493 e. The highest BCUT2D eigenvalue weighted by Crippen LogP contribution is 2.24. The van der Waals surface area contributed by atoms with Gasteiger partial charge in [-0.15, -0.1) is 0 Å². The van der Waals surface area contributed by atoms with Gasteiger partial charge in [0, 0.05) is 18.8 Å². The second-order valence-electron chi connectivity index (χ2n) is 5.84. The highest BCUT2D eigenvalue weighted by molar-refractivity contribution is 6.01. The summed E-state index contributed by atoms with van der Waals surface area (Å²) in [6.07, 6.45) is -0.527. The van der Waals surface area contributed by atoms with Crippen LogP contribution >= 0.6 is 0 Å². The van der Waals surface area contributed by atoms with Gasteiger partial charge in [0.1, 0.15) is 16.9 Å². The molecular formula is C16H25N3O4. The van der Waals surface area contributed by atoms with E-state index in [0.29, 0.717) is 23.6 Å². The number of carbonyl (C=O) groups is 2. The number of nitrogens with one attached hydrogen (secondary N) is 2. The zero-order valence-electron chi connectivity index (χ0n) is 14.1. The Balaban J connectivity index is 2.50. The summed E-state index contributed by atoms with van der Waals surface area (Å²) < 4.78 is 10.5. The van der Waals surface area contributed by atoms with E-state index >= 15 is 0 Å². The minimum Gasteiger partial charge on any atom is -0.493 e. The van der Waals surface area contributed by atoms with Crippen molar-refractivity contribution in [3.05, 3.63) is 23.8 Å². The standard InChI is InChI=1S/C16H25N3O4/c1-5-22-12-8-6-7-11(17)13(12)14(20)18-9-10-19-15(21)23-16(2,3)4/h6-8H,5,9-10,17H2,1-4H3,(H,18,20)(H,19,21). The molecule has 23 heavy (non-hydrogen) atoms. The van der Waals surface area contributed by atoms with E-state index in [-0.39, 0.29) is 19.0 Å². The summed E-state index contributed by atoms with van der Waals surface area (Å²) in [7, 11) is 0. The van der Waals surface area contributed by atoms with Gasteiger partial charge in [-0.2, -0.15) is 0 Å². The number of hydrogen-bond donors (Lipinski definition) is 3. The molecule has 0 spiro atoms. The third kappa shape index (κ3) is 6.46. The summed E-state index contributed by atoms with van der Waals surface area (Å²) in [5.74, 6) is 0.0858. The van der Waals surface area contributed by atoms with Gasteiger partial charge in [0.25, 0.3) is 5.91 Å². The van der Waals surface area contributed by atoms with Crippen molar-refractivity contribution >= 4 is 17.7 Å². The number of amides is 2. The highest BCUT2D eigenvalue weighted by atomic mass is 16.6. The normalized spacial score (nSPS) is 10.8. The maximum absolute atomic E-state index is 12.2. The van der Waals surface area contributed by atoms with Gasteiger partial charge in [-0.25, -0.2) is 4.79 Å². The fourth-order valence-electron chi connectivity index (χ4n) is 1.81. The van der Waals surface area contributed by atoms with Crippen molar-refractivity contribution in [1.29, 1.82) is 0 Å². The van der Waals surface area contributed by atoms with E-state index in [4.69, 9.17) is 15.2 Å². The lowest BCUT2D eigenvalue weighted by Crippen LogP contribution is -2.38. The molecule has 0 aromatic heterocycles. The molecule has 0 heterocycles. The molecule has 0 saturated heterocycles. The van der Waals surface area contributed by atoms with Crippen LogP contribution in [0.15, 0.2) is 18.2 Å². The van der Waals surface area contributed by atoms with E-state index in [1.165, 1.54) is 0 Å². The molecule has 0 fully saturated rings. The topological polar surface area (TPSA) is 103 Å². The molecule has 0 atom stereocenters. The third-order valence-electron chi connectivity index (χ3n) is 2.66. The molecule has 128 valence electrons. The first-order valence-electron chi connectivity index (χ1n) is 7.51. The smallest absolute Gasteiger partial charge is 0.407 e. The first-order chi connectivity index (χ1) is 10.7. The number of ether oxygens (including phenoxy) is 2. The lowest BCUT2D eigenvalue weighted by molar-refractivity contribution is 0.0526. The first-order valence-corrected chi connectivity index (χ1v) is 7.51. The van der Waals surface area contributed by atoms with E-state index in [1.54, 1.807) is 39.0 Å². The average Bonchev–Trinajstić information content (AvgIpc) is 2.42. The van der Waals surface area contributed by atoms with Gasteiger partial charge in [-0.1, -0.05) is 6.07 Å². The zero-order valence-corrected chi connectivity index (χ0v) is 14.1. The lowest BCUT2D eigenvalue weighted by atomic mass is 10.1. The number of anilines is 1. The van der Waals surface area contributed by atoms with Crippen molar-refractivity contribution in [2.45, 2.75) is 33.3 Å². The highest BCUT2D eigenvalue weighted by Gasteiger charge is 2.17. The predicted octanol–water partition coefficient (Wildman–Crippen LogP) is 1.92. The van der Waals surface area contributed by atoms with Crippen LogP contribution in [0, 0.1) is 0 Å². The molecule has 0 aliphatic heterocycles. The number of hydrogen-bond acceptors (Lipinski definition) is 5. The molecule has 0 aliphatic carbocycles. The molecule has 7 nitrogen and oxygen atoms in total. The monoisotopic (exact) mass is 323 g/mol. The molecule has 7 heteroatoms. The second kappa shape index (κ2) is 8.26. The van der Waals surface area contributed by atoms with E-state index < -0.39 is 11.7 Å². The summed E-state index contributed by atoms with van der Waals surface area (Å²) in [6, 6.07) is 5.05. The van der Waals surface area contributed by atoms with Crippen LogP contribution in [0.4, 0.5) is 10.5 Å². The fraction of sp³-hybridized carbons (Fsp3) is 0.500. The van der Waals surface area contributed by atoms with Crippen molar-refractivity contribution in [1.82, 2.24) is 10.6 Å². The van der Waals surface area contributed by atoms with Gasteiger partial charge in [0.05, 0.1) is 6.61 Å². The Hall–Kier alpha value is -2.44. The average molecular weight is 323 g/mol. The van der Waals surface area contributed by atoms with Crippen LogP contribution in [-0.4, -0.2) is 37.3 Å². The summed E-state index contributed by atoms with van der Waals surface area (Å²) in [4.78, 5) is 23.7. The molecule has 0 radical (unpaired) electrons. The quantitative estimate of drug-likeness (QED) is 0.548. The molecule has 0 unspecified atom stereocenters. The van der Waals surface area contributed by atoms with Crippen molar-refractivity contribution in [2.24, 2.45) is 0 Å². The molecule has 1 rings (SSSR count). The number of carbonyl (C=O) groups excluding carboxylic acids is 2. The van der Waals surface area contributed by atoms with Crippen LogP contribution in [0.3, 0.4) is 0 Å². The molecular weight excluding hydrogens is 298 g/mol. The van der Waals surface area contributed by atoms with Crippen LogP contribution in [0.25, 0.3) is 0 Å². The Bertz CT molecular complexity index is 553. The summed E-state index contributed by atoms with van der Waals surface area (Å²) in [5.41, 5.74) is 5.93. The Morgan fingerprint density at radius 1 is 1.17 bits per heavy atom. The number of nitrogens with two attached hydrogens (primary N) is 1. The maximum atomic E-state index is 12.2. The number of nitrogen functional groups attached to an aromatic ring is 1. The Morgan fingerprint density at radius 2 is 1.83 bits per heavy atom. The van der Waals surface area contributed by atoms with E-state index in [9.17, 15) is 9.59 Å². The van der Waals surface area contributed by atoms with Crippen LogP contribution in [0.2, 0.25) is 0 Å². The minimum absolute atomic E-state index is 0.247. The van der Waals surface area contributed by atoms with Crippen LogP contribution in [0.5, 0.6) is 5.75 Å². The molecule has 2 amide bonds. The van der Waals surface area contributed by atoms with Gasteiger partial charge in [0.15, 0.2) is 0 Å². The van der Waals surface area contributed by atoms with Crippen molar-refractivity contribution in [3.63, 3.8) is 0 Å². The first kappa shape index (κ1) is 18.6. The van der Waals surface area contributed by atoms with E-state index in [1.807, 2.05) is 6.92 Å². The van der Waals surface area contributed by atoms with E-state index in [2.05, 4.69) is 10.6 Å². The van der Waals surface area contributed by atoms with Gasteiger partial charge in [0.2, 0.25) is 0 Å². The Morgan fingerprint density at radius 3 is 2.43 bits per heavy atom. The molecule has 1 aromatic carbocycles. The Kier molecular flexibility index (Phi) is 6.68. The van der Waals surface area contributed by atoms with Gasteiger partial charge >= 0.3 is 6.09 Å². The van der Waals surface area contributed by atoms with Gasteiger partial charge in [-0.3, -0.25) is 4.79 Å². The van der Waals surface area contributed by atoms with Crippen molar-refractivity contribution in [2.75, 3.05) is 25.4 Å². The van der Waals surface area contributed by atoms with Crippen molar-refractivity contribution < 1.29 is 19.1 Å². The Labute approximate surface area is 136 Å². The predicted molar refractivity (Wildman–Crippen MR) is 88.6 cm³/mol. The second-order valence-corrected chi connectivity index (χ2v) is 5.84. The third-order valence-corrected chi connectivity index (χ3v) is 2.66. The van der Waals surface area contributed by atoms with Crippen LogP contribution in [-0.2, 0) is 4.74 Å². The molecule has 0 saturated carbocycles. The maximum Gasteiger partial charge on any atom is 0.407 e. The summed E-state index contributed by atoms with van der Waals surface area (Å²) in [5, 5.41) is 5.25. The number of benzene rings is 1. The minimum atomic E-state index is -0.557. The summed E-state index contributed by atoms with van der Waals surface area (Å²) >= 11 is 0. The molecule has 0 bridgehead atoms. The van der Waals surface area contributed by atoms with Crippen LogP contribution in [0.1, 0.15) is 38.1 Å². The molecule has 1 aromatic rings.